The lowest BCUT2D eigenvalue weighted by molar-refractivity contribution is -0.274. The number of benzene rings is 2. The summed E-state index contributed by atoms with van der Waals surface area (Å²) in [5.41, 5.74) is 1.87. The van der Waals surface area contributed by atoms with Crippen LogP contribution < -0.4 is 20.5 Å². The number of ether oxygens (including phenoxy) is 2. The molecule has 0 aromatic heterocycles. The molecule has 7 nitrogen and oxygen atoms in total. The Morgan fingerprint density at radius 2 is 1.85 bits per heavy atom. The number of likely N-dealkylation sites (tertiary alicyclic amines) is 1. The maximum Gasteiger partial charge on any atom is 0.573 e. The monoisotopic (exact) mass is 545 g/mol. The lowest BCUT2D eigenvalue weighted by Crippen LogP contribution is -2.53. The van der Waals surface area contributed by atoms with E-state index < -0.39 is 6.36 Å². The van der Waals surface area contributed by atoms with E-state index in [4.69, 9.17) is 4.74 Å². The smallest absolute Gasteiger partial charge is 0.406 e. The average Bonchev–Trinajstić information content (AvgIpc) is 3.68. The molecule has 1 saturated heterocycles. The summed E-state index contributed by atoms with van der Waals surface area (Å²) in [7, 11) is 1.95. The Kier molecular flexibility index (Phi) is 8.84. The van der Waals surface area contributed by atoms with Gasteiger partial charge in [0.05, 0.1) is 12.7 Å². The van der Waals surface area contributed by atoms with Crippen LogP contribution in [0.25, 0.3) is 12.8 Å². The number of carbonyl (C=O) groups is 2. The van der Waals surface area contributed by atoms with Crippen molar-refractivity contribution in [3.05, 3.63) is 63.5 Å². The van der Waals surface area contributed by atoms with Crippen LogP contribution >= 0.6 is 0 Å². The Labute approximate surface area is 225 Å². The van der Waals surface area contributed by atoms with Crippen LogP contribution in [0.1, 0.15) is 46.0 Å². The second-order valence-electron chi connectivity index (χ2n) is 10.1. The summed E-state index contributed by atoms with van der Waals surface area (Å²) in [4.78, 5) is 29.3. The van der Waals surface area contributed by atoms with Gasteiger partial charge in [-0.2, -0.15) is 0 Å². The fraction of sp³-hybridized carbons (Fsp3) is 0.448. The Hall–Kier alpha value is -3.53. The molecule has 1 aliphatic heterocycles. The van der Waals surface area contributed by atoms with Gasteiger partial charge in [-0.3, -0.25) is 9.59 Å². The molecule has 1 N–H and O–H groups in total. The summed E-state index contributed by atoms with van der Waals surface area (Å²) in [5, 5.41) is 4.68. The first-order valence-electron chi connectivity index (χ1n) is 13.1. The maximum atomic E-state index is 12.9. The Morgan fingerprint density at radius 1 is 1.15 bits per heavy atom. The molecule has 0 spiro atoms. The van der Waals surface area contributed by atoms with E-state index in [1.165, 1.54) is 12.1 Å². The topological polar surface area (TPSA) is 71.1 Å². The summed E-state index contributed by atoms with van der Waals surface area (Å²) in [6, 6.07) is 8.61. The van der Waals surface area contributed by atoms with Crippen molar-refractivity contribution < 1.29 is 32.2 Å². The van der Waals surface area contributed by atoms with Gasteiger partial charge in [-0.1, -0.05) is 19.6 Å². The van der Waals surface area contributed by atoms with Gasteiger partial charge in [0.15, 0.2) is 0 Å². The molecule has 1 saturated carbocycles. The molecule has 2 amide bonds. The quantitative estimate of drug-likeness (QED) is 0.440. The zero-order valence-electron chi connectivity index (χ0n) is 22.2. The van der Waals surface area contributed by atoms with Crippen LogP contribution in [-0.2, 0) is 11.2 Å². The molecule has 2 aromatic rings. The maximum absolute atomic E-state index is 12.9. The number of hydrogen-bond acceptors (Lipinski definition) is 5. The van der Waals surface area contributed by atoms with Crippen LogP contribution in [0.4, 0.5) is 13.2 Å². The van der Waals surface area contributed by atoms with Crippen molar-refractivity contribution >= 4 is 24.6 Å². The molecule has 0 bridgehead atoms. The highest BCUT2D eigenvalue weighted by Crippen LogP contribution is 2.25. The van der Waals surface area contributed by atoms with Gasteiger partial charge in [-0.25, -0.2) is 0 Å². The highest BCUT2D eigenvalue weighted by atomic mass is 19.4. The van der Waals surface area contributed by atoms with Crippen molar-refractivity contribution in [2.24, 2.45) is 5.92 Å². The minimum atomic E-state index is -4.77. The molecule has 2 aromatic carbocycles. The first-order valence-corrected chi connectivity index (χ1v) is 13.1. The predicted molar refractivity (Wildman–Crippen MR) is 142 cm³/mol. The van der Waals surface area contributed by atoms with Gasteiger partial charge in [0.25, 0.3) is 11.8 Å². The first-order chi connectivity index (χ1) is 18.5. The molecule has 2 aliphatic rings. The van der Waals surface area contributed by atoms with Gasteiger partial charge in [0.2, 0.25) is 0 Å². The fourth-order valence-electron chi connectivity index (χ4n) is 4.70. The van der Waals surface area contributed by atoms with E-state index in [1.807, 2.05) is 37.2 Å². The lowest BCUT2D eigenvalue weighted by atomic mass is 9.97. The van der Waals surface area contributed by atoms with Crippen molar-refractivity contribution in [1.82, 2.24) is 15.1 Å². The zero-order valence-corrected chi connectivity index (χ0v) is 22.2. The molecule has 0 radical (unpaired) electrons. The highest BCUT2D eigenvalue weighted by molar-refractivity contribution is 5.96. The van der Waals surface area contributed by atoms with Crippen molar-refractivity contribution in [3.63, 3.8) is 0 Å². The van der Waals surface area contributed by atoms with Crippen molar-refractivity contribution in [1.29, 1.82) is 0 Å². The molecular weight excluding hydrogens is 511 g/mol. The zero-order chi connectivity index (χ0) is 28.2. The number of hydrogen-bond donors (Lipinski definition) is 1. The number of amides is 2. The number of alkyl halides is 3. The lowest BCUT2D eigenvalue weighted by Gasteiger charge is -2.41. The first kappa shape index (κ1) is 28.5. The van der Waals surface area contributed by atoms with Crippen LogP contribution in [0.3, 0.4) is 0 Å². The molecule has 4 rings (SSSR count). The minimum Gasteiger partial charge on any atom is -0.406 e. The summed E-state index contributed by atoms with van der Waals surface area (Å²) in [6.45, 7) is 8.92. The number of halogens is 3. The molecule has 0 unspecified atom stereocenters. The number of nitrogens with zero attached hydrogens (tertiary/aromatic N) is 2. The van der Waals surface area contributed by atoms with Crippen LogP contribution in [0.15, 0.2) is 36.4 Å². The van der Waals surface area contributed by atoms with Gasteiger partial charge in [0.1, 0.15) is 5.75 Å². The van der Waals surface area contributed by atoms with Crippen LogP contribution in [-0.4, -0.2) is 73.9 Å². The van der Waals surface area contributed by atoms with Gasteiger partial charge in [-0.15, -0.1) is 13.2 Å². The van der Waals surface area contributed by atoms with Crippen molar-refractivity contribution in [2.45, 2.75) is 38.7 Å². The van der Waals surface area contributed by atoms with E-state index in [-0.39, 0.29) is 23.5 Å². The van der Waals surface area contributed by atoms with E-state index >= 15 is 0 Å². The standard InChI is InChI=1S/C29H34F3N3O4/c1-4-24-25(27(36)33-13-14-38-22-10-11-22)12-5-19(2)26(24)18-34(3)15-20-16-35(17-20)28(37)21-6-8-23(9-7-21)39-29(30,31)32/h5-9,12,18,20,22H,2,4,10-11,13-17H2,1,3H3,(H,33,36)/b26-18+. The molecular formula is C29H34F3N3O4. The normalized spacial score (nSPS) is 16.1. The van der Waals surface area contributed by atoms with E-state index in [9.17, 15) is 22.8 Å². The number of rotatable bonds is 11. The van der Waals surface area contributed by atoms with Crippen LogP contribution in [0, 0.1) is 5.92 Å². The van der Waals surface area contributed by atoms with Gasteiger partial charge >= 0.3 is 6.36 Å². The van der Waals surface area contributed by atoms with Crippen molar-refractivity contribution in [3.8, 4) is 5.75 Å². The van der Waals surface area contributed by atoms with E-state index in [1.54, 1.807) is 4.90 Å². The number of carbonyl (C=O) groups excluding carboxylic acids is 2. The molecule has 210 valence electrons. The Balaban J connectivity index is 1.33. The molecule has 10 heteroatoms. The highest BCUT2D eigenvalue weighted by Gasteiger charge is 2.33. The van der Waals surface area contributed by atoms with Gasteiger partial charge in [0, 0.05) is 61.7 Å². The predicted octanol–water partition coefficient (Wildman–Crippen LogP) is 2.91. The van der Waals surface area contributed by atoms with Crippen molar-refractivity contribution in [2.75, 3.05) is 39.8 Å². The summed E-state index contributed by atoms with van der Waals surface area (Å²) >= 11 is 0. The van der Waals surface area contributed by atoms with Crippen LogP contribution in [0.2, 0.25) is 0 Å². The van der Waals surface area contributed by atoms with E-state index in [0.29, 0.717) is 56.4 Å². The van der Waals surface area contributed by atoms with Crippen LogP contribution in [0.5, 0.6) is 5.75 Å². The summed E-state index contributed by atoms with van der Waals surface area (Å²) < 4.78 is 46.5. The third-order valence-corrected chi connectivity index (χ3v) is 6.79. The minimum absolute atomic E-state index is 0.130. The third kappa shape index (κ3) is 7.75. The molecule has 2 fully saturated rings. The van der Waals surface area contributed by atoms with Gasteiger partial charge in [-0.05, 0) is 60.4 Å². The van der Waals surface area contributed by atoms with E-state index in [2.05, 4.69) is 16.6 Å². The second-order valence-corrected chi connectivity index (χ2v) is 10.1. The SMILES string of the molecule is C=c1ccc(C(=O)NCCOC2CC2)c(CC)/c1=C/N(C)CC1CN(C(=O)c2ccc(OC(F)(F)F)cc2)C1. The third-order valence-electron chi connectivity index (χ3n) is 6.79. The Bertz CT molecular complexity index is 1290. The second kappa shape index (κ2) is 12.1. The fourth-order valence-corrected chi connectivity index (χ4v) is 4.70. The molecule has 1 heterocycles. The summed E-state index contributed by atoms with van der Waals surface area (Å²) in [6.07, 6.45) is 0.437. The largest absolute Gasteiger partial charge is 0.573 e. The molecule has 0 atom stereocenters. The number of nitrogens with one attached hydrogen (secondary N) is 1. The molecule has 1 aliphatic carbocycles. The summed E-state index contributed by atoms with van der Waals surface area (Å²) in [5.74, 6) is -0.488. The van der Waals surface area contributed by atoms with E-state index in [0.717, 1.165) is 41.0 Å². The molecule has 39 heavy (non-hydrogen) atoms. The van der Waals surface area contributed by atoms with Gasteiger partial charge < -0.3 is 24.6 Å². The average molecular weight is 546 g/mol. The Morgan fingerprint density at radius 3 is 2.46 bits per heavy atom.